The number of sulfonamides is 1. The van der Waals surface area contributed by atoms with Gasteiger partial charge in [0.2, 0.25) is 10.0 Å². The van der Waals surface area contributed by atoms with Crippen LogP contribution in [-0.2, 0) is 16.6 Å². The van der Waals surface area contributed by atoms with Crippen molar-refractivity contribution in [3.05, 3.63) is 38.2 Å². The third-order valence-electron chi connectivity index (χ3n) is 4.20. The van der Waals surface area contributed by atoms with E-state index in [-0.39, 0.29) is 10.8 Å². The van der Waals surface area contributed by atoms with Gasteiger partial charge in [-0.2, -0.15) is 4.31 Å². The summed E-state index contributed by atoms with van der Waals surface area (Å²) in [6, 6.07) is 3.57. The molecule has 1 aliphatic rings. The van der Waals surface area contributed by atoms with Crippen LogP contribution in [0.2, 0.25) is 0 Å². The lowest BCUT2D eigenvalue weighted by Gasteiger charge is -2.19. The molecule has 8 heteroatoms. The quantitative estimate of drug-likeness (QED) is 0.796. The molecule has 1 fully saturated rings. The Morgan fingerprint density at radius 3 is 2.50 bits per heavy atom. The summed E-state index contributed by atoms with van der Waals surface area (Å²) in [6.07, 6.45) is 1.76. The SMILES string of the molecule is Cc1ccsc1CN(C)C(=O)c1sccc1S(=O)(=O)N1CCCC1. The van der Waals surface area contributed by atoms with Gasteiger partial charge >= 0.3 is 0 Å². The molecular formula is C16H20N2O3S3. The van der Waals surface area contributed by atoms with Gasteiger partial charge in [0, 0.05) is 25.0 Å². The fourth-order valence-corrected chi connectivity index (χ4v) is 6.62. The van der Waals surface area contributed by atoms with Crippen LogP contribution in [0.25, 0.3) is 0 Å². The van der Waals surface area contributed by atoms with Crippen molar-refractivity contribution in [1.29, 1.82) is 0 Å². The topological polar surface area (TPSA) is 57.7 Å². The molecule has 0 N–H and O–H groups in total. The van der Waals surface area contributed by atoms with E-state index >= 15 is 0 Å². The van der Waals surface area contributed by atoms with Gasteiger partial charge in [0.15, 0.2) is 0 Å². The lowest BCUT2D eigenvalue weighted by Crippen LogP contribution is -2.31. The minimum atomic E-state index is -3.58. The van der Waals surface area contributed by atoms with Crippen molar-refractivity contribution < 1.29 is 13.2 Å². The van der Waals surface area contributed by atoms with Crippen LogP contribution >= 0.6 is 22.7 Å². The Kier molecular flexibility index (Phi) is 5.10. The molecule has 1 aliphatic heterocycles. The predicted molar refractivity (Wildman–Crippen MR) is 97.2 cm³/mol. The van der Waals surface area contributed by atoms with Gasteiger partial charge in [-0.3, -0.25) is 4.79 Å². The minimum absolute atomic E-state index is 0.147. The zero-order valence-corrected chi connectivity index (χ0v) is 16.1. The molecule has 0 aromatic carbocycles. The van der Waals surface area contributed by atoms with E-state index in [1.165, 1.54) is 15.6 Å². The van der Waals surface area contributed by atoms with Crippen molar-refractivity contribution in [1.82, 2.24) is 9.21 Å². The summed E-state index contributed by atoms with van der Waals surface area (Å²) in [5.74, 6) is -0.240. The average Bonchev–Trinajstić information content (AvgIpc) is 3.28. The van der Waals surface area contributed by atoms with Crippen molar-refractivity contribution in [3.8, 4) is 0 Å². The van der Waals surface area contributed by atoms with Crippen molar-refractivity contribution in [2.75, 3.05) is 20.1 Å². The highest BCUT2D eigenvalue weighted by atomic mass is 32.2. The molecular weight excluding hydrogens is 364 g/mol. The van der Waals surface area contributed by atoms with Gasteiger partial charge in [-0.15, -0.1) is 22.7 Å². The summed E-state index contributed by atoms with van der Waals surface area (Å²) >= 11 is 2.80. The zero-order valence-electron chi connectivity index (χ0n) is 13.7. The summed E-state index contributed by atoms with van der Waals surface area (Å²) < 4.78 is 27.0. The highest BCUT2D eigenvalue weighted by molar-refractivity contribution is 7.89. The first-order valence-corrected chi connectivity index (χ1v) is 11.0. The van der Waals surface area contributed by atoms with Crippen LogP contribution in [0.4, 0.5) is 0 Å². The van der Waals surface area contributed by atoms with Gasteiger partial charge in [0.05, 0.1) is 6.54 Å². The number of hydrogen-bond acceptors (Lipinski definition) is 5. The van der Waals surface area contributed by atoms with Crippen molar-refractivity contribution in [2.24, 2.45) is 0 Å². The molecule has 0 spiro atoms. The molecule has 0 atom stereocenters. The summed E-state index contributed by atoms with van der Waals surface area (Å²) in [5.41, 5.74) is 1.15. The molecule has 24 heavy (non-hydrogen) atoms. The molecule has 2 aromatic heterocycles. The van der Waals surface area contributed by atoms with E-state index in [2.05, 4.69) is 0 Å². The summed E-state index contributed by atoms with van der Waals surface area (Å²) in [4.78, 5) is 15.9. The monoisotopic (exact) mass is 384 g/mol. The maximum absolute atomic E-state index is 12.8. The normalized spacial score (nSPS) is 15.8. The second-order valence-corrected chi connectivity index (χ2v) is 9.74. The highest BCUT2D eigenvalue weighted by Crippen LogP contribution is 2.29. The number of hydrogen-bond donors (Lipinski definition) is 0. The molecule has 3 heterocycles. The Morgan fingerprint density at radius 1 is 1.21 bits per heavy atom. The number of rotatable bonds is 5. The average molecular weight is 385 g/mol. The molecule has 0 radical (unpaired) electrons. The number of carbonyl (C=O) groups is 1. The molecule has 1 saturated heterocycles. The van der Waals surface area contributed by atoms with Crippen LogP contribution in [0.5, 0.6) is 0 Å². The smallest absolute Gasteiger partial charge is 0.265 e. The summed E-state index contributed by atoms with van der Waals surface area (Å²) in [6.45, 7) is 3.58. The van der Waals surface area contributed by atoms with Gasteiger partial charge in [-0.05, 0) is 48.2 Å². The Labute approximate surface area is 150 Å². The number of amides is 1. The van der Waals surface area contributed by atoms with Crippen LogP contribution in [-0.4, -0.2) is 43.7 Å². The van der Waals surface area contributed by atoms with E-state index < -0.39 is 10.0 Å². The number of nitrogens with zero attached hydrogens (tertiary/aromatic N) is 2. The minimum Gasteiger partial charge on any atom is -0.336 e. The molecule has 5 nitrogen and oxygen atoms in total. The molecule has 0 bridgehead atoms. The number of aryl methyl sites for hydroxylation is 1. The van der Waals surface area contributed by atoms with Gasteiger partial charge in [-0.1, -0.05) is 0 Å². The fraction of sp³-hybridized carbons (Fsp3) is 0.438. The van der Waals surface area contributed by atoms with Crippen LogP contribution in [0.15, 0.2) is 27.8 Å². The molecule has 130 valence electrons. The van der Waals surface area contributed by atoms with Crippen LogP contribution in [0.1, 0.15) is 33.0 Å². The van der Waals surface area contributed by atoms with E-state index in [1.54, 1.807) is 34.7 Å². The number of carbonyl (C=O) groups excluding carboxylic acids is 1. The largest absolute Gasteiger partial charge is 0.336 e. The van der Waals surface area contributed by atoms with Gasteiger partial charge in [0.25, 0.3) is 5.91 Å². The maximum atomic E-state index is 12.8. The lowest BCUT2D eigenvalue weighted by atomic mass is 10.3. The second-order valence-electron chi connectivity index (χ2n) is 5.91. The molecule has 2 aromatic rings. The van der Waals surface area contributed by atoms with Crippen molar-refractivity contribution >= 4 is 38.6 Å². The Balaban J connectivity index is 1.84. The van der Waals surface area contributed by atoms with E-state index in [4.69, 9.17) is 0 Å². The number of thiophene rings is 2. The maximum Gasteiger partial charge on any atom is 0.265 e. The Morgan fingerprint density at radius 2 is 1.88 bits per heavy atom. The third kappa shape index (κ3) is 3.28. The standard InChI is InChI=1S/C16H20N2O3S3/c1-12-5-9-22-13(12)11-17(2)16(19)15-14(6-10-23-15)24(20,21)18-7-3-4-8-18/h5-6,9-10H,3-4,7-8,11H2,1-2H3. The molecule has 0 saturated carbocycles. The molecule has 0 aliphatic carbocycles. The van der Waals surface area contributed by atoms with Crippen LogP contribution < -0.4 is 0 Å². The Hall–Kier alpha value is -1.22. The first kappa shape index (κ1) is 17.6. The van der Waals surface area contributed by atoms with Gasteiger partial charge in [-0.25, -0.2) is 8.42 Å². The van der Waals surface area contributed by atoms with Gasteiger partial charge < -0.3 is 4.90 Å². The first-order valence-electron chi connectivity index (χ1n) is 7.77. The van der Waals surface area contributed by atoms with E-state index in [9.17, 15) is 13.2 Å². The Bertz CT molecular complexity index is 832. The molecule has 0 unspecified atom stereocenters. The van der Waals surface area contributed by atoms with E-state index in [0.717, 1.165) is 23.3 Å². The van der Waals surface area contributed by atoms with Crippen molar-refractivity contribution in [2.45, 2.75) is 31.2 Å². The summed E-state index contributed by atoms with van der Waals surface area (Å²) in [7, 11) is -1.86. The fourth-order valence-electron chi connectivity index (χ4n) is 2.75. The second kappa shape index (κ2) is 6.95. The molecule has 3 rings (SSSR count). The molecule has 1 amide bonds. The third-order valence-corrected chi connectivity index (χ3v) is 8.18. The van der Waals surface area contributed by atoms with E-state index in [1.807, 2.05) is 18.4 Å². The van der Waals surface area contributed by atoms with Crippen LogP contribution in [0.3, 0.4) is 0 Å². The zero-order chi connectivity index (χ0) is 17.3. The first-order chi connectivity index (χ1) is 11.4. The van der Waals surface area contributed by atoms with Gasteiger partial charge in [0.1, 0.15) is 9.77 Å². The van der Waals surface area contributed by atoms with Crippen molar-refractivity contribution in [3.63, 3.8) is 0 Å². The lowest BCUT2D eigenvalue weighted by molar-refractivity contribution is 0.0787. The van der Waals surface area contributed by atoms with Crippen LogP contribution in [0, 0.1) is 6.92 Å². The van der Waals surface area contributed by atoms with E-state index in [0.29, 0.717) is 24.5 Å². The predicted octanol–water partition coefficient (Wildman–Crippen LogP) is 3.17. The summed E-state index contributed by atoms with van der Waals surface area (Å²) in [5, 5.41) is 3.68. The highest BCUT2D eigenvalue weighted by Gasteiger charge is 2.32.